The largest absolute Gasteiger partial charge is 0.460 e. The highest BCUT2D eigenvalue weighted by Crippen LogP contribution is 2.47. The van der Waals surface area contributed by atoms with Crippen molar-refractivity contribution in [1.82, 2.24) is 0 Å². The fourth-order valence-corrected chi connectivity index (χ4v) is 0.773. The zero-order valence-corrected chi connectivity index (χ0v) is 8.19. The molecule has 0 spiro atoms. The Bertz CT molecular complexity index is 334. The number of halogens is 7. The Kier molecular flexibility index (Phi) is 4.14. The van der Waals surface area contributed by atoms with Crippen LogP contribution in [0.15, 0.2) is 11.8 Å². The van der Waals surface area contributed by atoms with Crippen LogP contribution in [-0.2, 0) is 0 Å². The van der Waals surface area contributed by atoms with Gasteiger partial charge >= 0.3 is 18.0 Å². The fourth-order valence-electron chi connectivity index (χ4n) is 0.773. The molecule has 3 nitrogen and oxygen atoms in total. The molecule has 0 amide bonds. The van der Waals surface area contributed by atoms with Gasteiger partial charge in [-0.15, -0.1) is 0 Å². The molecule has 0 atom stereocenters. The summed E-state index contributed by atoms with van der Waals surface area (Å²) in [7, 11) is 0. The molecule has 0 bridgehead atoms. The first-order valence-electron chi connectivity index (χ1n) is 4.05. The van der Waals surface area contributed by atoms with E-state index in [1.807, 2.05) is 0 Å². The number of nitro groups is 1. The molecule has 10 heteroatoms. The minimum Gasteiger partial charge on any atom is -0.259 e. The van der Waals surface area contributed by atoms with Crippen LogP contribution in [-0.4, -0.2) is 22.9 Å². The van der Waals surface area contributed by atoms with Gasteiger partial charge in [0.05, 0.1) is 11.0 Å². The Morgan fingerprint density at radius 2 is 1.59 bits per heavy atom. The fraction of sp³-hybridized carbons (Fsp3) is 0.714. The average molecular weight is 269 g/mol. The number of rotatable bonds is 4. The van der Waals surface area contributed by atoms with Gasteiger partial charge in [0.15, 0.2) is 0 Å². The quantitative estimate of drug-likeness (QED) is 0.446. The van der Waals surface area contributed by atoms with Crippen molar-refractivity contribution in [2.75, 3.05) is 0 Å². The van der Waals surface area contributed by atoms with E-state index in [2.05, 4.69) is 0 Å². The Morgan fingerprint density at radius 1 is 1.18 bits per heavy atom. The third-order valence-electron chi connectivity index (χ3n) is 1.72. The second kappa shape index (κ2) is 4.49. The molecule has 0 heterocycles. The molecule has 0 N–H and O–H groups in total. The zero-order valence-electron chi connectivity index (χ0n) is 8.19. The van der Waals surface area contributed by atoms with Crippen molar-refractivity contribution in [3.8, 4) is 0 Å². The van der Waals surface area contributed by atoms with Crippen molar-refractivity contribution < 1.29 is 35.7 Å². The van der Waals surface area contributed by atoms with Crippen molar-refractivity contribution in [2.45, 2.75) is 31.4 Å². The van der Waals surface area contributed by atoms with Gasteiger partial charge in [-0.25, -0.2) is 0 Å². The molecule has 0 saturated heterocycles. The second-order valence-corrected chi connectivity index (χ2v) is 2.94. The first kappa shape index (κ1) is 15.7. The zero-order chi connectivity index (χ0) is 14.1. The number of hydrogen-bond acceptors (Lipinski definition) is 2. The first-order chi connectivity index (χ1) is 7.37. The van der Waals surface area contributed by atoms with E-state index in [0.717, 1.165) is 6.92 Å². The third kappa shape index (κ3) is 3.07. The summed E-state index contributed by atoms with van der Waals surface area (Å²) >= 11 is 0. The van der Waals surface area contributed by atoms with Crippen LogP contribution in [0.2, 0.25) is 0 Å². The van der Waals surface area contributed by atoms with Gasteiger partial charge in [-0.1, -0.05) is 6.92 Å². The van der Waals surface area contributed by atoms with Crippen LogP contribution in [0.5, 0.6) is 0 Å². The maximum absolute atomic E-state index is 12.6. The highest BCUT2D eigenvalue weighted by Gasteiger charge is 2.72. The maximum atomic E-state index is 12.6. The van der Waals surface area contributed by atoms with E-state index in [4.69, 9.17) is 0 Å². The van der Waals surface area contributed by atoms with Gasteiger partial charge in [-0.3, -0.25) is 10.1 Å². The van der Waals surface area contributed by atoms with Crippen LogP contribution in [0.1, 0.15) is 13.3 Å². The van der Waals surface area contributed by atoms with Crippen LogP contribution in [0, 0.1) is 10.1 Å². The predicted octanol–water partition coefficient (Wildman–Crippen LogP) is 3.39. The van der Waals surface area contributed by atoms with Gasteiger partial charge < -0.3 is 0 Å². The minimum atomic E-state index is -6.50. The highest BCUT2D eigenvalue weighted by molar-refractivity contribution is 5.08. The lowest BCUT2D eigenvalue weighted by atomic mass is 10.1. The van der Waals surface area contributed by atoms with Gasteiger partial charge in [-0.05, 0) is 0 Å². The Morgan fingerprint density at radius 3 is 1.82 bits per heavy atom. The Hall–Kier alpha value is -1.35. The normalized spacial score (nSPS) is 14.9. The van der Waals surface area contributed by atoms with Crippen LogP contribution in [0.25, 0.3) is 0 Å². The molecule has 0 fully saturated rings. The summed E-state index contributed by atoms with van der Waals surface area (Å²) in [4.78, 5) is 8.62. The van der Waals surface area contributed by atoms with Gasteiger partial charge in [0.2, 0.25) is 5.70 Å². The monoisotopic (exact) mass is 269 g/mol. The summed E-state index contributed by atoms with van der Waals surface area (Å²) in [6.07, 6.45) is -8.18. The number of allylic oxidation sites excluding steroid dienone is 2. The van der Waals surface area contributed by atoms with Crippen molar-refractivity contribution in [3.63, 3.8) is 0 Å². The number of alkyl halides is 7. The molecular weight excluding hydrogens is 263 g/mol. The molecule has 17 heavy (non-hydrogen) atoms. The molecule has 0 rings (SSSR count). The summed E-state index contributed by atoms with van der Waals surface area (Å²) in [5.41, 5.74) is -1.42. The summed E-state index contributed by atoms with van der Waals surface area (Å²) < 4.78 is 84.9. The van der Waals surface area contributed by atoms with Gasteiger partial charge in [0.25, 0.3) is 0 Å². The lowest BCUT2D eigenvalue weighted by Gasteiger charge is -2.25. The van der Waals surface area contributed by atoms with E-state index in [-0.39, 0.29) is 0 Å². The lowest BCUT2D eigenvalue weighted by molar-refractivity contribution is -0.430. The van der Waals surface area contributed by atoms with Crippen molar-refractivity contribution in [1.29, 1.82) is 0 Å². The van der Waals surface area contributed by atoms with Gasteiger partial charge in [0, 0.05) is 6.42 Å². The van der Waals surface area contributed by atoms with E-state index in [9.17, 15) is 40.8 Å². The minimum absolute atomic E-state index is 0.712. The molecule has 0 radical (unpaired) electrons. The maximum Gasteiger partial charge on any atom is 0.460 e. The third-order valence-corrected chi connectivity index (χ3v) is 1.72. The molecule has 0 aliphatic rings. The topological polar surface area (TPSA) is 43.1 Å². The standard InChI is InChI=1S/C7H6F7NO2/c1-2-4(15(16)17)3-5(8,9)6(10,11)7(12,13)14/h3H,2H2,1H3/b4-3+. The van der Waals surface area contributed by atoms with E-state index in [1.165, 1.54) is 0 Å². The molecule has 0 saturated carbocycles. The number of nitrogens with zero attached hydrogens (tertiary/aromatic N) is 1. The molecular formula is C7H6F7NO2. The van der Waals surface area contributed by atoms with Crippen molar-refractivity contribution >= 4 is 0 Å². The van der Waals surface area contributed by atoms with Gasteiger partial charge in [0.1, 0.15) is 0 Å². The Balaban J connectivity index is 5.49. The molecule has 0 aromatic rings. The first-order valence-corrected chi connectivity index (χ1v) is 4.05. The average Bonchev–Trinajstić information content (AvgIpc) is 2.11. The smallest absolute Gasteiger partial charge is 0.259 e. The molecule has 0 unspecified atom stereocenters. The summed E-state index contributed by atoms with van der Waals surface area (Å²) in [5.74, 6) is -12.0. The van der Waals surface area contributed by atoms with Crippen LogP contribution in [0.3, 0.4) is 0 Å². The van der Waals surface area contributed by atoms with Crippen molar-refractivity contribution in [3.05, 3.63) is 21.9 Å². The Labute approximate surface area is 90.1 Å². The van der Waals surface area contributed by atoms with E-state index in [1.54, 1.807) is 0 Å². The SMILES string of the molecule is CC/C(=C\C(F)(F)C(F)(F)C(F)(F)F)[N+](=O)[O-]. The van der Waals surface area contributed by atoms with E-state index in [0.29, 0.717) is 0 Å². The van der Waals surface area contributed by atoms with Crippen LogP contribution < -0.4 is 0 Å². The van der Waals surface area contributed by atoms with E-state index < -0.39 is 41.1 Å². The van der Waals surface area contributed by atoms with Crippen LogP contribution in [0.4, 0.5) is 30.7 Å². The van der Waals surface area contributed by atoms with Gasteiger partial charge in [-0.2, -0.15) is 30.7 Å². The summed E-state index contributed by atoms with van der Waals surface area (Å²) in [5, 5.41) is 10.1. The lowest BCUT2D eigenvalue weighted by Crippen LogP contribution is -2.51. The predicted molar refractivity (Wildman–Crippen MR) is 41.3 cm³/mol. The molecule has 0 aromatic heterocycles. The molecule has 0 aliphatic carbocycles. The van der Waals surface area contributed by atoms with Crippen LogP contribution >= 0.6 is 0 Å². The highest BCUT2D eigenvalue weighted by atomic mass is 19.4. The number of hydrogen-bond donors (Lipinski definition) is 0. The summed E-state index contributed by atoms with van der Waals surface area (Å²) in [6, 6.07) is 0. The summed E-state index contributed by atoms with van der Waals surface area (Å²) in [6.45, 7) is 0.969. The molecule has 0 aromatic carbocycles. The van der Waals surface area contributed by atoms with E-state index >= 15 is 0 Å². The van der Waals surface area contributed by atoms with Crippen molar-refractivity contribution in [2.24, 2.45) is 0 Å². The molecule has 100 valence electrons. The second-order valence-electron chi connectivity index (χ2n) is 2.94. The molecule has 0 aliphatic heterocycles.